The van der Waals surface area contributed by atoms with E-state index in [1.165, 1.54) is 36.5 Å². The van der Waals surface area contributed by atoms with Gasteiger partial charge in [0.2, 0.25) is 0 Å². The number of nitrogens with zero attached hydrogens (tertiary/aromatic N) is 2. The fourth-order valence-electron chi connectivity index (χ4n) is 1.38. The fraction of sp³-hybridized carbons (Fsp3) is 0. The van der Waals surface area contributed by atoms with Crippen LogP contribution in [0.5, 0.6) is 5.75 Å². The van der Waals surface area contributed by atoms with Gasteiger partial charge in [0.1, 0.15) is 5.75 Å². The molecule has 0 spiro atoms. The predicted octanol–water partition coefficient (Wildman–Crippen LogP) is 2.89. The molecule has 9 heteroatoms. The van der Waals surface area contributed by atoms with Crippen molar-refractivity contribution in [2.75, 3.05) is 0 Å². The Kier molecular flexibility index (Phi) is 4.66. The SMILES string of the molecule is O=C(NN=Cc1ccc([N+](=O)[O-])s1)c1ccc(O)c(Br)c1. The van der Waals surface area contributed by atoms with Gasteiger partial charge in [-0.3, -0.25) is 14.9 Å². The lowest BCUT2D eigenvalue weighted by Gasteiger charge is -2.01. The third-order valence-electron chi connectivity index (χ3n) is 2.36. The summed E-state index contributed by atoms with van der Waals surface area (Å²) < 4.78 is 0.396. The third-order valence-corrected chi connectivity index (χ3v) is 3.97. The first-order chi connectivity index (χ1) is 9.97. The van der Waals surface area contributed by atoms with Crippen LogP contribution in [0.2, 0.25) is 0 Å². The van der Waals surface area contributed by atoms with Gasteiger partial charge < -0.3 is 5.11 Å². The highest BCUT2D eigenvalue weighted by atomic mass is 79.9. The summed E-state index contributed by atoms with van der Waals surface area (Å²) in [4.78, 5) is 22.4. The van der Waals surface area contributed by atoms with E-state index in [9.17, 15) is 20.0 Å². The molecule has 2 N–H and O–H groups in total. The normalized spacial score (nSPS) is 10.7. The summed E-state index contributed by atoms with van der Waals surface area (Å²) in [7, 11) is 0. The molecule has 0 fully saturated rings. The largest absolute Gasteiger partial charge is 0.507 e. The van der Waals surface area contributed by atoms with Crippen molar-refractivity contribution in [2.24, 2.45) is 5.10 Å². The van der Waals surface area contributed by atoms with E-state index in [1.807, 2.05) is 0 Å². The number of phenolic OH excluding ortho intramolecular Hbond substituents is 1. The van der Waals surface area contributed by atoms with E-state index in [0.717, 1.165) is 11.3 Å². The van der Waals surface area contributed by atoms with Crippen LogP contribution >= 0.6 is 27.3 Å². The van der Waals surface area contributed by atoms with Gasteiger partial charge in [0.25, 0.3) is 5.91 Å². The maximum absolute atomic E-state index is 11.8. The van der Waals surface area contributed by atoms with Crippen molar-refractivity contribution in [3.8, 4) is 5.75 Å². The quantitative estimate of drug-likeness (QED) is 0.490. The number of carbonyl (C=O) groups excluding carboxylic acids is 1. The molecule has 0 bridgehead atoms. The number of carbonyl (C=O) groups is 1. The number of hydrogen-bond acceptors (Lipinski definition) is 6. The summed E-state index contributed by atoms with van der Waals surface area (Å²) in [6.07, 6.45) is 1.32. The van der Waals surface area contributed by atoms with Gasteiger partial charge in [-0.1, -0.05) is 11.3 Å². The first-order valence-electron chi connectivity index (χ1n) is 5.53. The molecule has 1 aromatic carbocycles. The van der Waals surface area contributed by atoms with Gasteiger partial charge in [-0.05, 0) is 40.2 Å². The number of benzene rings is 1. The molecule has 0 unspecified atom stereocenters. The number of nitrogens with one attached hydrogen (secondary N) is 1. The minimum atomic E-state index is -0.492. The Morgan fingerprint density at radius 3 is 2.81 bits per heavy atom. The molecule has 0 atom stereocenters. The van der Waals surface area contributed by atoms with Crippen LogP contribution < -0.4 is 5.43 Å². The minimum absolute atomic E-state index is 0.00485. The van der Waals surface area contributed by atoms with Crippen molar-refractivity contribution in [2.45, 2.75) is 0 Å². The predicted molar refractivity (Wildman–Crippen MR) is 81.8 cm³/mol. The van der Waals surface area contributed by atoms with Crippen molar-refractivity contribution in [1.29, 1.82) is 0 Å². The molecule has 0 radical (unpaired) electrons. The number of nitro groups is 1. The first-order valence-corrected chi connectivity index (χ1v) is 7.14. The van der Waals surface area contributed by atoms with Crippen LogP contribution in [-0.2, 0) is 0 Å². The van der Waals surface area contributed by atoms with E-state index >= 15 is 0 Å². The van der Waals surface area contributed by atoms with Gasteiger partial charge in [-0.15, -0.1) is 0 Å². The zero-order chi connectivity index (χ0) is 15.4. The van der Waals surface area contributed by atoms with Gasteiger partial charge in [0.05, 0.1) is 20.5 Å². The third kappa shape index (κ3) is 3.86. The Labute approximate surface area is 131 Å². The zero-order valence-corrected chi connectivity index (χ0v) is 12.7. The molecule has 2 rings (SSSR count). The molecule has 0 saturated heterocycles. The smallest absolute Gasteiger partial charge is 0.324 e. The van der Waals surface area contributed by atoms with Crippen LogP contribution in [0.3, 0.4) is 0 Å². The van der Waals surface area contributed by atoms with Crippen LogP contribution in [0.15, 0.2) is 39.9 Å². The van der Waals surface area contributed by atoms with Crippen LogP contribution in [0.1, 0.15) is 15.2 Å². The average molecular weight is 370 g/mol. The first kappa shape index (κ1) is 15.1. The standard InChI is InChI=1S/C12H8BrN3O4S/c13-9-5-7(1-3-10(9)17)12(18)15-14-6-8-2-4-11(21-8)16(19)20/h1-6,17H,(H,15,18). The Morgan fingerprint density at radius 2 is 2.19 bits per heavy atom. The second kappa shape index (κ2) is 6.46. The maximum atomic E-state index is 11.8. The van der Waals surface area contributed by atoms with Crippen molar-refractivity contribution in [3.05, 3.63) is 55.4 Å². The summed E-state index contributed by atoms with van der Waals surface area (Å²) in [6.45, 7) is 0. The number of amides is 1. The Bertz CT molecular complexity index is 729. The highest BCUT2D eigenvalue weighted by molar-refractivity contribution is 9.10. The highest BCUT2D eigenvalue weighted by Gasteiger charge is 2.09. The lowest BCUT2D eigenvalue weighted by Crippen LogP contribution is -2.17. The Morgan fingerprint density at radius 1 is 1.43 bits per heavy atom. The van der Waals surface area contributed by atoms with Gasteiger partial charge in [-0.2, -0.15) is 5.10 Å². The molecule has 1 amide bonds. The van der Waals surface area contributed by atoms with E-state index in [1.54, 1.807) is 0 Å². The maximum Gasteiger partial charge on any atom is 0.324 e. The number of aromatic hydroxyl groups is 1. The van der Waals surface area contributed by atoms with Gasteiger partial charge >= 0.3 is 5.00 Å². The molecule has 21 heavy (non-hydrogen) atoms. The molecule has 1 heterocycles. The summed E-state index contributed by atoms with van der Waals surface area (Å²) in [5, 5.41) is 23.6. The van der Waals surface area contributed by atoms with Crippen molar-refractivity contribution in [1.82, 2.24) is 5.43 Å². The van der Waals surface area contributed by atoms with Gasteiger partial charge in [-0.25, -0.2) is 5.43 Å². The zero-order valence-electron chi connectivity index (χ0n) is 10.3. The molecule has 108 valence electrons. The molecule has 0 saturated carbocycles. The number of hydrazone groups is 1. The van der Waals surface area contributed by atoms with Gasteiger partial charge in [0, 0.05) is 11.6 Å². The Balaban J connectivity index is 2.01. The molecule has 0 aliphatic rings. The lowest BCUT2D eigenvalue weighted by atomic mass is 10.2. The van der Waals surface area contributed by atoms with Crippen LogP contribution in [0.25, 0.3) is 0 Å². The van der Waals surface area contributed by atoms with Crippen molar-refractivity contribution in [3.63, 3.8) is 0 Å². The number of hydrogen-bond donors (Lipinski definition) is 2. The van der Waals surface area contributed by atoms with E-state index in [-0.39, 0.29) is 10.8 Å². The summed E-state index contributed by atoms with van der Waals surface area (Å²) in [5.41, 5.74) is 2.61. The molecule has 7 nitrogen and oxygen atoms in total. The van der Waals surface area contributed by atoms with E-state index in [2.05, 4.69) is 26.5 Å². The van der Waals surface area contributed by atoms with Crippen LogP contribution in [0.4, 0.5) is 5.00 Å². The van der Waals surface area contributed by atoms with E-state index in [4.69, 9.17) is 0 Å². The summed E-state index contributed by atoms with van der Waals surface area (Å²) in [6, 6.07) is 7.18. The van der Waals surface area contributed by atoms with E-state index < -0.39 is 10.8 Å². The molecule has 2 aromatic rings. The second-order valence-electron chi connectivity index (χ2n) is 3.80. The molecular formula is C12H8BrN3O4S. The number of thiophene rings is 1. The summed E-state index contributed by atoms with van der Waals surface area (Å²) in [5.74, 6) is -0.432. The minimum Gasteiger partial charge on any atom is -0.507 e. The Hall–Kier alpha value is -2.26. The monoisotopic (exact) mass is 369 g/mol. The highest BCUT2D eigenvalue weighted by Crippen LogP contribution is 2.24. The number of rotatable bonds is 4. The molecule has 0 aliphatic heterocycles. The molecule has 0 aliphatic carbocycles. The molecular weight excluding hydrogens is 362 g/mol. The van der Waals surface area contributed by atoms with Crippen molar-refractivity contribution >= 4 is 44.4 Å². The lowest BCUT2D eigenvalue weighted by molar-refractivity contribution is -0.380. The van der Waals surface area contributed by atoms with Gasteiger partial charge in [0.15, 0.2) is 0 Å². The molecule has 1 aromatic heterocycles. The number of phenols is 1. The van der Waals surface area contributed by atoms with Crippen LogP contribution in [0, 0.1) is 10.1 Å². The summed E-state index contributed by atoms with van der Waals surface area (Å²) >= 11 is 4.06. The van der Waals surface area contributed by atoms with E-state index in [0.29, 0.717) is 14.9 Å². The topological polar surface area (TPSA) is 105 Å². The average Bonchev–Trinajstić information content (AvgIpc) is 2.91. The fourth-order valence-corrected chi connectivity index (χ4v) is 2.45. The van der Waals surface area contributed by atoms with Crippen LogP contribution in [-0.4, -0.2) is 22.2 Å². The number of halogens is 1. The van der Waals surface area contributed by atoms with Crippen molar-refractivity contribution < 1.29 is 14.8 Å². The second-order valence-corrected chi connectivity index (χ2v) is 5.75.